The Morgan fingerprint density at radius 2 is 1.70 bits per heavy atom. The van der Waals surface area contributed by atoms with Gasteiger partial charge in [0.1, 0.15) is 6.79 Å². The average Bonchev–Trinajstić information content (AvgIpc) is 2.52. The van der Waals surface area contributed by atoms with E-state index in [1.165, 1.54) is 0 Å². The number of methoxy groups -OCH3 is 2. The van der Waals surface area contributed by atoms with Gasteiger partial charge in [0.15, 0.2) is 0 Å². The number of carbonyl (C=O) groups excluding carboxylic acids is 1. The molecule has 0 aliphatic carbocycles. The summed E-state index contributed by atoms with van der Waals surface area (Å²) in [6.45, 7) is 4.73. The van der Waals surface area contributed by atoms with E-state index in [-0.39, 0.29) is 6.10 Å². The highest BCUT2D eigenvalue weighted by Gasteiger charge is 2.03. The third-order valence-electron chi connectivity index (χ3n) is 2.65. The summed E-state index contributed by atoms with van der Waals surface area (Å²) >= 11 is 0. The van der Waals surface area contributed by atoms with E-state index in [9.17, 15) is 0 Å². The minimum Gasteiger partial charge on any atom is -0.383 e. The van der Waals surface area contributed by atoms with E-state index in [1.54, 1.807) is 14.2 Å². The molecule has 0 saturated carbocycles. The predicted molar refractivity (Wildman–Crippen MR) is 82.3 cm³/mol. The zero-order valence-corrected chi connectivity index (χ0v) is 12.2. The Kier molecular flexibility index (Phi) is 11.4. The SMILES string of the molecule is C=O.COCCNc1ccc(NCC(CN)OC)cc1. The van der Waals surface area contributed by atoms with E-state index in [1.807, 2.05) is 31.1 Å². The van der Waals surface area contributed by atoms with Crippen molar-refractivity contribution < 1.29 is 14.3 Å². The summed E-state index contributed by atoms with van der Waals surface area (Å²) in [7, 11) is 3.36. The summed E-state index contributed by atoms with van der Waals surface area (Å²) < 4.78 is 10.2. The first-order chi connectivity index (χ1) is 9.80. The molecule has 6 nitrogen and oxygen atoms in total. The summed E-state index contributed by atoms with van der Waals surface area (Å²) in [4.78, 5) is 8.00. The van der Waals surface area contributed by atoms with Gasteiger partial charge in [0, 0.05) is 45.2 Å². The number of carbonyl (C=O) groups is 1. The topological polar surface area (TPSA) is 85.6 Å². The average molecular weight is 283 g/mol. The van der Waals surface area contributed by atoms with Crippen LogP contribution in [0.15, 0.2) is 24.3 Å². The van der Waals surface area contributed by atoms with E-state index >= 15 is 0 Å². The van der Waals surface area contributed by atoms with Crippen LogP contribution in [0.5, 0.6) is 0 Å². The van der Waals surface area contributed by atoms with Crippen molar-refractivity contribution >= 4 is 18.2 Å². The van der Waals surface area contributed by atoms with E-state index in [0.29, 0.717) is 19.7 Å². The zero-order chi connectivity index (χ0) is 15.2. The summed E-state index contributed by atoms with van der Waals surface area (Å²) in [5.41, 5.74) is 7.69. The van der Waals surface area contributed by atoms with Crippen molar-refractivity contribution in [1.29, 1.82) is 0 Å². The van der Waals surface area contributed by atoms with Crippen LogP contribution < -0.4 is 16.4 Å². The van der Waals surface area contributed by atoms with Crippen LogP contribution in [0.4, 0.5) is 11.4 Å². The first-order valence-corrected chi connectivity index (χ1v) is 6.38. The van der Waals surface area contributed by atoms with E-state index < -0.39 is 0 Å². The molecule has 4 N–H and O–H groups in total. The predicted octanol–water partition coefficient (Wildman–Crippen LogP) is 0.946. The fourth-order valence-corrected chi connectivity index (χ4v) is 1.50. The van der Waals surface area contributed by atoms with Crippen molar-refractivity contribution in [2.45, 2.75) is 6.10 Å². The monoisotopic (exact) mass is 283 g/mol. The standard InChI is InChI=1S/C13H23N3O2.CH2O/c1-17-8-7-15-11-3-5-12(6-4-11)16-10-13(9-14)18-2;1-2/h3-6,13,15-16H,7-10,14H2,1-2H3;1H2. The molecule has 0 aliphatic rings. The van der Waals surface area contributed by atoms with Gasteiger partial charge in [-0.2, -0.15) is 0 Å². The number of nitrogens with one attached hydrogen (secondary N) is 2. The molecule has 0 fully saturated rings. The highest BCUT2D eigenvalue weighted by molar-refractivity contribution is 5.53. The van der Waals surface area contributed by atoms with Gasteiger partial charge in [-0.05, 0) is 24.3 Å². The normalized spacial score (nSPS) is 11.2. The fraction of sp³-hybridized carbons (Fsp3) is 0.500. The first kappa shape index (κ1) is 18.4. The van der Waals surface area contributed by atoms with Crippen LogP contribution in [0.3, 0.4) is 0 Å². The number of ether oxygens (including phenoxy) is 2. The maximum Gasteiger partial charge on any atom is 0.106 e. The molecule has 1 unspecified atom stereocenters. The second-order valence-electron chi connectivity index (χ2n) is 3.97. The number of hydrogen-bond acceptors (Lipinski definition) is 6. The lowest BCUT2D eigenvalue weighted by Gasteiger charge is -2.15. The molecule has 0 heterocycles. The molecule has 1 atom stereocenters. The summed E-state index contributed by atoms with van der Waals surface area (Å²) in [6.07, 6.45) is 0.0458. The molecule has 0 amide bonds. The molecular formula is C14H25N3O3. The lowest BCUT2D eigenvalue weighted by Crippen LogP contribution is -2.29. The van der Waals surface area contributed by atoms with E-state index in [0.717, 1.165) is 17.9 Å². The Morgan fingerprint density at radius 3 is 2.15 bits per heavy atom. The molecule has 114 valence electrons. The molecule has 0 saturated heterocycles. The number of benzene rings is 1. The lowest BCUT2D eigenvalue weighted by atomic mass is 10.2. The van der Waals surface area contributed by atoms with Crippen LogP contribution in [0, 0.1) is 0 Å². The molecular weight excluding hydrogens is 258 g/mol. The number of anilines is 2. The molecule has 0 radical (unpaired) electrons. The second-order valence-corrected chi connectivity index (χ2v) is 3.97. The molecule has 1 rings (SSSR count). The van der Waals surface area contributed by atoms with Crippen LogP contribution in [0.1, 0.15) is 0 Å². The third kappa shape index (κ3) is 7.73. The Hall–Kier alpha value is -1.63. The minimum absolute atomic E-state index is 0.0458. The van der Waals surface area contributed by atoms with Gasteiger partial charge in [-0.15, -0.1) is 0 Å². The van der Waals surface area contributed by atoms with Gasteiger partial charge in [-0.3, -0.25) is 0 Å². The zero-order valence-electron chi connectivity index (χ0n) is 12.2. The largest absolute Gasteiger partial charge is 0.383 e. The third-order valence-corrected chi connectivity index (χ3v) is 2.65. The number of nitrogens with two attached hydrogens (primary N) is 1. The Labute approximate surface area is 120 Å². The van der Waals surface area contributed by atoms with E-state index in [2.05, 4.69) is 10.6 Å². The summed E-state index contributed by atoms with van der Waals surface area (Å²) in [5.74, 6) is 0. The summed E-state index contributed by atoms with van der Waals surface area (Å²) in [6, 6.07) is 8.11. The van der Waals surface area contributed by atoms with Crippen molar-refractivity contribution in [3.05, 3.63) is 24.3 Å². The highest BCUT2D eigenvalue weighted by atomic mass is 16.5. The first-order valence-electron chi connectivity index (χ1n) is 6.38. The van der Waals surface area contributed by atoms with Crippen molar-refractivity contribution in [2.75, 3.05) is 51.1 Å². The maximum absolute atomic E-state index is 8.00. The van der Waals surface area contributed by atoms with Crippen molar-refractivity contribution in [3.63, 3.8) is 0 Å². The van der Waals surface area contributed by atoms with Gasteiger partial charge in [0.25, 0.3) is 0 Å². The molecule has 6 heteroatoms. The molecule has 0 aliphatic heterocycles. The van der Waals surface area contributed by atoms with Gasteiger partial charge in [0.05, 0.1) is 12.7 Å². The molecule has 0 aromatic heterocycles. The van der Waals surface area contributed by atoms with Crippen molar-refractivity contribution in [1.82, 2.24) is 0 Å². The van der Waals surface area contributed by atoms with Gasteiger partial charge in [-0.25, -0.2) is 0 Å². The van der Waals surface area contributed by atoms with Crippen LogP contribution >= 0.6 is 0 Å². The molecule has 0 bridgehead atoms. The van der Waals surface area contributed by atoms with Crippen LogP contribution in [0.2, 0.25) is 0 Å². The minimum atomic E-state index is 0.0458. The van der Waals surface area contributed by atoms with Gasteiger partial charge in [-0.1, -0.05) is 0 Å². The second kappa shape index (κ2) is 12.4. The smallest absolute Gasteiger partial charge is 0.106 e. The molecule has 0 spiro atoms. The fourth-order valence-electron chi connectivity index (χ4n) is 1.50. The highest BCUT2D eigenvalue weighted by Crippen LogP contribution is 2.13. The van der Waals surface area contributed by atoms with Gasteiger partial charge < -0.3 is 30.6 Å². The number of rotatable bonds is 9. The Balaban J connectivity index is 0.00000172. The number of hydrogen-bond donors (Lipinski definition) is 3. The Bertz CT molecular complexity index is 329. The molecule has 20 heavy (non-hydrogen) atoms. The van der Waals surface area contributed by atoms with Crippen LogP contribution in [-0.4, -0.2) is 53.4 Å². The lowest BCUT2D eigenvalue weighted by molar-refractivity contribution is -0.0979. The molecule has 1 aromatic rings. The van der Waals surface area contributed by atoms with Crippen molar-refractivity contribution in [2.24, 2.45) is 5.73 Å². The maximum atomic E-state index is 8.00. The van der Waals surface area contributed by atoms with Crippen LogP contribution in [-0.2, 0) is 14.3 Å². The van der Waals surface area contributed by atoms with Gasteiger partial charge in [0.2, 0.25) is 0 Å². The van der Waals surface area contributed by atoms with Crippen LogP contribution in [0.25, 0.3) is 0 Å². The Morgan fingerprint density at radius 1 is 1.15 bits per heavy atom. The van der Waals surface area contributed by atoms with E-state index in [4.69, 9.17) is 20.0 Å². The van der Waals surface area contributed by atoms with Gasteiger partial charge >= 0.3 is 0 Å². The quantitative estimate of drug-likeness (QED) is 0.585. The molecule has 1 aromatic carbocycles. The summed E-state index contributed by atoms with van der Waals surface area (Å²) in [5, 5.41) is 6.55. The van der Waals surface area contributed by atoms with Crippen molar-refractivity contribution in [3.8, 4) is 0 Å².